The van der Waals surface area contributed by atoms with E-state index in [1.165, 1.54) is 0 Å². The minimum absolute atomic E-state index is 0.157. The van der Waals surface area contributed by atoms with Crippen LogP contribution in [0.1, 0.15) is 19.8 Å². The molecule has 0 spiro atoms. The Bertz CT molecular complexity index is 124. The van der Waals surface area contributed by atoms with E-state index in [2.05, 4.69) is 20.7 Å². The number of carbonyl (C=O) groups excluding carboxylic acids is 2. The Morgan fingerprint density at radius 2 is 2.40 bits per heavy atom. The lowest BCUT2D eigenvalue weighted by Gasteiger charge is -2.06. The molecule has 1 unspecified atom stereocenters. The molecule has 0 aliphatic rings. The number of carbonyl (C=O) groups is 2. The molecule has 0 amide bonds. The molecular formula is C6H9BrO3. The molecule has 0 radical (unpaired) electrons. The smallest absolute Gasteiger partial charge is 0.372 e. The van der Waals surface area contributed by atoms with Gasteiger partial charge in [0.1, 0.15) is 0 Å². The van der Waals surface area contributed by atoms with E-state index in [0.717, 1.165) is 12.8 Å². The summed E-state index contributed by atoms with van der Waals surface area (Å²) in [4.78, 5) is 20.0. The highest BCUT2D eigenvalue weighted by Crippen LogP contribution is 2.08. The van der Waals surface area contributed by atoms with Crippen molar-refractivity contribution in [3.8, 4) is 0 Å². The van der Waals surface area contributed by atoms with Gasteiger partial charge >= 0.3 is 5.97 Å². The van der Waals surface area contributed by atoms with Crippen LogP contribution in [0.2, 0.25) is 0 Å². The molecule has 0 saturated heterocycles. The zero-order chi connectivity index (χ0) is 7.98. The van der Waals surface area contributed by atoms with Crippen molar-refractivity contribution in [1.29, 1.82) is 0 Å². The summed E-state index contributed by atoms with van der Waals surface area (Å²) in [7, 11) is 0. The maximum atomic E-state index is 10.3. The Hall–Kier alpha value is -0.380. The van der Waals surface area contributed by atoms with Gasteiger partial charge in [-0.05, 0) is 22.4 Å². The van der Waals surface area contributed by atoms with Gasteiger partial charge in [0.15, 0.2) is 5.01 Å². The van der Waals surface area contributed by atoms with E-state index < -0.39 is 5.97 Å². The molecule has 0 heterocycles. The summed E-state index contributed by atoms with van der Waals surface area (Å²) in [5.41, 5.74) is 0. The minimum atomic E-state index is -0.824. The highest BCUT2D eigenvalue weighted by atomic mass is 79.9. The number of ether oxygens (including phenoxy) is 1. The van der Waals surface area contributed by atoms with Crippen LogP contribution in [0.3, 0.4) is 0 Å². The number of halogens is 1. The van der Waals surface area contributed by atoms with Crippen LogP contribution in [0.15, 0.2) is 0 Å². The number of hydrogen-bond donors (Lipinski definition) is 0. The van der Waals surface area contributed by atoms with Crippen molar-refractivity contribution in [2.75, 3.05) is 0 Å². The molecule has 1 atom stereocenters. The van der Waals surface area contributed by atoms with Crippen molar-refractivity contribution >= 4 is 28.2 Å². The van der Waals surface area contributed by atoms with Crippen LogP contribution < -0.4 is 0 Å². The van der Waals surface area contributed by atoms with Crippen LogP contribution in [0.4, 0.5) is 0 Å². The van der Waals surface area contributed by atoms with Crippen molar-refractivity contribution in [1.82, 2.24) is 0 Å². The molecule has 0 fully saturated rings. The van der Waals surface area contributed by atoms with Gasteiger partial charge in [0.2, 0.25) is 6.29 Å². The number of alkyl halides is 1. The fraction of sp³-hybridized carbons (Fsp3) is 0.667. The zero-order valence-corrected chi connectivity index (χ0v) is 7.26. The van der Waals surface area contributed by atoms with Gasteiger partial charge in [-0.15, -0.1) is 0 Å². The molecule has 0 bridgehead atoms. The number of esters is 1. The molecule has 0 rings (SSSR count). The molecular weight excluding hydrogens is 200 g/mol. The number of rotatable bonds is 4. The van der Waals surface area contributed by atoms with Crippen molar-refractivity contribution < 1.29 is 14.3 Å². The Kier molecular flexibility index (Phi) is 5.20. The fourth-order valence-electron chi connectivity index (χ4n) is 0.440. The summed E-state index contributed by atoms with van der Waals surface area (Å²) >= 11 is 3.08. The topological polar surface area (TPSA) is 43.4 Å². The second-order valence-electron chi connectivity index (χ2n) is 1.75. The van der Waals surface area contributed by atoms with E-state index in [1.807, 2.05) is 6.92 Å². The lowest BCUT2D eigenvalue weighted by Crippen LogP contribution is -2.12. The second kappa shape index (κ2) is 5.41. The molecule has 0 aliphatic carbocycles. The number of aldehydes is 1. The number of hydrogen-bond acceptors (Lipinski definition) is 3. The maximum Gasteiger partial charge on any atom is 0.372 e. The van der Waals surface area contributed by atoms with Crippen LogP contribution >= 0.6 is 15.9 Å². The van der Waals surface area contributed by atoms with Gasteiger partial charge in [-0.3, -0.25) is 4.79 Å². The largest absolute Gasteiger partial charge is 0.445 e. The van der Waals surface area contributed by atoms with Gasteiger partial charge < -0.3 is 4.74 Å². The van der Waals surface area contributed by atoms with Gasteiger partial charge in [-0.2, -0.15) is 0 Å². The van der Waals surface area contributed by atoms with Gasteiger partial charge in [0.05, 0.1) is 0 Å². The molecule has 10 heavy (non-hydrogen) atoms. The predicted octanol–water partition coefficient (Wildman–Crippen LogP) is 1.25. The highest BCUT2D eigenvalue weighted by Gasteiger charge is 2.07. The SMILES string of the molecule is CCCC(Br)OC(=O)C=O. The zero-order valence-electron chi connectivity index (χ0n) is 5.67. The monoisotopic (exact) mass is 208 g/mol. The first kappa shape index (κ1) is 9.62. The lowest BCUT2D eigenvalue weighted by molar-refractivity contribution is -0.149. The third-order valence-electron chi connectivity index (χ3n) is 0.856. The molecule has 58 valence electrons. The van der Waals surface area contributed by atoms with Gasteiger partial charge in [0, 0.05) is 0 Å². The van der Waals surface area contributed by atoms with Crippen LogP contribution in [0.25, 0.3) is 0 Å². The average Bonchev–Trinajstić information content (AvgIpc) is 1.88. The normalized spacial score (nSPS) is 12.2. The molecule has 0 N–H and O–H groups in total. The third-order valence-corrected chi connectivity index (χ3v) is 1.50. The van der Waals surface area contributed by atoms with Gasteiger partial charge in [-0.1, -0.05) is 13.3 Å². The molecule has 0 aromatic heterocycles. The standard InChI is InChI=1S/C6H9BrO3/c1-2-3-5(7)10-6(9)4-8/h4-5H,2-3H2,1H3. The summed E-state index contributed by atoms with van der Waals surface area (Å²) in [5, 5.41) is -0.324. The molecule has 0 aromatic carbocycles. The second-order valence-corrected chi connectivity index (χ2v) is 2.77. The van der Waals surface area contributed by atoms with Crippen LogP contribution in [0.5, 0.6) is 0 Å². The van der Waals surface area contributed by atoms with E-state index >= 15 is 0 Å². The summed E-state index contributed by atoms with van der Waals surface area (Å²) in [5.74, 6) is -0.824. The first-order chi connectivity index (χ1) is 4.70. The molecule has 4 heteroatoms. The Balaban J connectivity index is 3.46. The fourth-order valence-corrected chi connectivity index (χ4v) is 1.08. The van der Waals surface area contributed by atoms with E-state index in [-0.39, 0.29) is 11.3 Å². The lowest BCUT2D eigenvalue weighted by atomic mass is 10.4. The maximum absolute atomic E-state index is 10.3. The minimum Gasteiger partial charge on any atom is -0.445 e. The highest BCUT2D eigenvalue weighted by molar-refractivity contribution is 9.09. The first-order valence-electron chi connectivity index (χ1n) is 3.00. The summed E-state index contributed by atoms with van der Waals surface area (Å²) < 4.78 is 4.55. The summed E-state index contributed by atoms with van der Waals surface area (Å²) in [6.45, 7) is 1.96. The van der Waals surface area contributed by atoms with Crippen LogP contribution in [-0.4, -0.2) is 17.3 Å². The van der Waals surface area contributed by atoms with Gasteiger partial charge in [0.25, 0.3) is 0 Å². The van der Waals surface area contributed by atoms with Crippen molar-refractivity contribution in [3.05, 3.63) is 0 Å². The van der Waals surface area contributed by atoms with Crippen molar-refractivity contribution in [3.63, 3.8) is 0 Å². The Morgan fingerprint density at radius 3 is 2.80 bits per heavy atom. The molecule has 0 saturated carbocycles. The van der Waals surface area contributed by atoms with Crippen molar-refractivity contribution in [2.45, 2.75) is 24.8 Å². The molecule has 0 aliphatic heterocycles. The van der Waals surface area contributed by atoms with E-state index in [9.17, 15) is 9.59 Å². The summed E-state index contributed by atoms with van der Waals surface area (Å²) in [6, 6.07) is 0. The van der Waals surface area contributed by atoms with E-state index in [4.69, 9.17) is 0 Å². The molecule has 0 aromatic rings. The van der Waals surface area contributed by atoms with Gasteiger partial charge in [-0.25, -0.2) is 4.79 Å². The van der Waals surface area contributed by atoms with E-state index in [0.29, 0.717) is 0 Å². The van der Waals surface area contributed by atoms with Crippen LogP contribution in [0, 0.1) is 0 Å². The Morgan fingerprint density at radius 1 is 1.80 bits per heavy atom. The molecule has 3 nitrogen and oxygen atoms in total. The Labute approximate surface area is 67.9 Å². The quantitative estimate of drug-likeness (QED) is 0.303. The van der Waals surface area contributed by atoms with Crippen LogP contribution in [-0.2, 0) is 14.3 Å². The average molecular weight is 209 g/mol. The predicted molar refractivity (Wildman–Crippen MR) is 39.8 cm³/mol. The first-order valence-corrected chi connectivity index (χ1v) is 3.92. The van der Waals surface area contributed by atoms with E-state index in [1.54, 1.807) is 0 Å². The van der Waals surface area contributed by atoms with Crippen molar-refractivity contribution in [2.24, 2.45) is 0 Å². The summed E-state index contributed by atoms with van der Waals surface area (Å²) in [6.07, 6.45) is 1.78. The third kappa shape index (κ3) is 4.49.